The van der Waals surface area contributed by atoms with Crippen molar-refractivity contribution in [2.75, 3.05) is 5.73 Å². The van der Waals surface area contributed by atoms with Gasteiger partial charge in [0.2, 0.25) is 5.95 Å². The highest BCUT2D eigenvalue weighted by molar-refractivity contribution is 5.87. The molecule has 1 heterocycles. The van der Waals surface area contributed by atoms with Crippen molar-refractivity contribution in [1.82, 2.24) is 15.3 Å². The quantitative estimate of drug-likeness (QED) is 0.705. The number of nitrogens with two attached hydrogens (primary N) is 2. The first-order valence-corrected chi connectivity index (χ1v) is 7.09. The van der Waals surface area contributed by atoms with Gasteiger partial charge in [-0.15, -0.1) is 0 Å². The Morgan fingerprint density at radius 1 is 1.29 bits per heavy atom. The highest BCUT2D eigenvalue weighted by Gasteiger charge is 2.13. The molecular formula is C17H18FN5O. The Balaban J connectivity index is 2.46. The first-order valence-electron chi connectivity index (χ1n) is 7.09. The second kappa shape index (κ2) is 7.77. The van der Waals surface area contributed by atoms with E-state index in [1.54, 1.807) is 24.3 Å². The van der Waals surface area contributed by atoms with Gasteiger partial charge in [0.15, 0.2) is 5.88 Å². The van der Waals surface area contributed by atoms with Gasteiger partial charge in [0.05, 0.1) is 23.4 Å². The number of hydrogen-bond acceptors (Lipinski definition) is 6. The zero-order valence-corrected chi connectivity index (χ0v) is 13.2. The monoisotopic (exact) mass is 327 g/mol. The SMILES string of the molecule is C=C(N/C(=C(\N)c1ccc(F)cc1)c1ccnc(N)n1)O/C=C\C. The van der Waals surface area contributed by atoms with Crippen LogP contribution in [0.3, 0.4) is 0 Å². The molecule has 2 aromatic rings. The Hall–Kier alpha value is -3.35. The average molecular weight is 327 g/mol. The lowest BCUT2D eigenvalue weighted by Gasteiger charge is -2.15. The minimum Gasteiger partial charge on any atom is -0.450 e. The minimum absolute atomic E-state index is 0.0960. The Morgan fingerprint density at radius 3 is 2.62 bits per heavy atom. The van der Waals surface area contributed by atoms with E-state index in [4.69, 9.17) is 16.2 Å². The summed E-state index contributed by atoms with van der Waals surface area (Å²) in [4.78, 5) is 8.00. The number of halogens is 1. The Bertz CT molecular complexity index is 784. The number of benzene rings is 1. The van der Waals surface area contributed by atoms with Crippen LogP contribution in [0.4, 0.5) is 10.3 Å². The van der Waals surface area contributed by atoms with Crippen molar-refractivity contribution in [2.45, 2.75) is 6.92 Å². The van der Waals surface area contributed by atoms with Crippen LogP contribution in [0, 0.1) is 5.82 Å². The van der Waals surface area contributed by atoms with Crippen LogP contribution in [-0.2, 0) is 4.74 Å². The molecule has 0 aliphatic rings. The maximum absolute atomic E-state index is 13.1. The summed E-state index contributed by atoms with van der Waals surface area (Å²) in [5, 5.41) is 2.96. The van der Waals surface area contributed by atoms with Crippen molar-refractivity contribution in [1.29, 1.82) is 0 Å². The molecule has 0 radical (unpaired) electrons. The standard InChI is InChI=1S/C17H18FN5O/c1-3-10-24-11(2)22-16(14-8-9-21-17(20)23-14)15(19)12-4-6-13(18)7-5-12/h3-10,22H,2,19H2,1H3,(H2,20,21,23)/b10-3-,16-15-. The number of nitrogen functional groups attached to an aromatic ring is 1. The Labute approximate surface area is 139 Å². The van der Waals surface area contributed by atoms with Gasteiger partial charge < -0.3 is 21.5 Å². The smallest absolute Gasteiger partial charge is 0.220 e. The highest BCUT2D eigenvalue weighted by atomic mass is 19.1. The maximum atomic E-state index is 13.1. The largest absolute Gasteiger partial charge is 0.450 e. The molecule has 0 aliphatic carbocycles. The number of nitrogens with zero attached hydrogens (tertiary/aromatic N) is 2. The van der Waals surface area contributed by atoms with Gasteiger partial charge in [-0.1, -0.05) is 6.08 Å². The zero-order valence-electron chi connectivity index (χ0n) is 13.2. The van der Waals surface area contributed by atoms with Gasteiger partial charge in [0, 0.05) is 6.20 Å². The lowest BCUT2D eigenvalue weighted by Crippen LogP contribution is -2.18. The third-order valence-electron chi connectivity index (χ3n) is 2.97. The summed E-state index contributed by atoms with van der Waals surface area (Å²) in [7, 11) is 0. The van der Waals surface area contributed by atoms with Crippen LogP contribution in [0.25, 0.3) is 11.4 Å². The van der Waals surface area contributed by atoms with E-state index >= 15 is 0 Å². The van der Waals surface area contributed by atoms with Crippen molar-refractivity contribution in [3.05, 3.63) is 78.4 Å². The van der Waals surface area contributed by atoms with Gasteiger partial charge in [-0.2, -0.15) is 0 Å². The average Bonchev–Trinajstić information content (AvgIpc) is 2.58. The van der Waals surface area contributed by atoms with Crippen LogP contribution in [0.5, 0.6) is 0 Å². The van der Waals surface area contributed by atoms with Crippen LogP contribution >= 0.6 is 0 Å². The molecule has 0 fully saturated rings. The van der Waals surface area contributed by atoms with Gasteiger partial charge in [0.1, 0.15) is 5.82 Å². The van der Waals surface area contributed by atoms with E-state index in [-0.39, 0.29) is 17.6 Å². The van der Waals surface area contributed by atoms with Gasteiger partial charge in [-0.05, 0) is 49.4 Å². The lowest BCUT2D eigenvalue weighted by atomic mass is 10.1. The van der Waals surface area contributed by atoms with Crippen molar-refractivity contribution in [3.63, 3.8) is 0 Å². The summed E-state index contributed by atoms with van der Waals surface area (Å²) in [6.07, 6.45) is 4.69. The molecule has 0 saturated heterocycles. The highest BCUT2D eigenvalue weighted by Crippen LogP contribution is 2.21. The number of rotatable bonds is 6. The lowest BCUT2D eigenvalue weighted by molar-refractivity contribution is 0.332. The summed E-state index contributed by atoms with van der Waals surface area (Å²) in [5.74, 6) is -0.0165. The number of nitrogens with one attached hydrogen (secondary N) is 1. The summed E-state index contributed by atoms with van der Waals surface area (Å²) in [6, 6.07) is 7.40. The molecule has 0 saturated carbocycles. The third kappa shape index (κ3) is 4.33. The molecule has 24 heavy (non-hydrogen) atoms. The van der Waals surface area contributed by atoms with E-state index < -0.39 is 0 Å². The van der Waals surface area contributed by atoms with Crippen LogP contribution in [0.2, 0.25) is 0 Å². The van der Waals surface area contributed by atoms with E-state index in [0.29, 0.717) is 22.7 Å². The fourth-order valence-electron chi connectivity index (χ4n) is 1.88. The second-order valence-corrected chi connectivity index (χ2v) is 4.73. The predicted molar refractivity (Wildman–Crippen MR) is 92.0 cm³/mol. The molecule has 0 amide bonds. The molecule has 6 nitrogen and oxygen atoms in total. The molecule has 5 N–H and O–H groups in total. The number of ether oxygens (including phenoxy) is 1. The molecule has 0 bridgehead atoms. The molecule has 1 aromatic heterocycles. The second-order valence-electron chi connectivity index (χ2n) is 4.73. The number of hydrogen-bond donors (Lipinski definition) is 3. The minimum atomic E-state index is -0.354. The fraction of sp³-hybridized carbons (Fsp3) is 0.0588. The summed E-state index contributed by atoms with van der Waals surface area (Å²) in [6.45, 7) is 5.57. The third-order valence-corrected chi connectivity index (χ3v) is 2.97. The topological polar surface area (TPSA) is 99.1 Å². The van der Waals surface area contributed by atoms with Crippen molar-refractivity contribution in [3.8, 4) is 0 Å². The Morgan fingerprint density at radius 2 is 2.00 bits per heavy atom. The molecule has 0 unspecified atom stereocenters. The Kier molecular flexibility index (Phi) is 5.51. The van der Waals surface area contributed by atoms with E-state index in [9.17, 15) is 4.39 Å². The number of allylic oxidation sites excluding steroid dienone is 1. The molecule has 0 aliphatic heterocycles. The number of aromatic nitrogens is 2. The normalized spacial score (nSPS) is 11.9. The fourth-order valence-corrected chi connectivity index (χ4v) is 1.88. The number of anilines is 1. The van der Waals surface area contributed by atoms with E-state index in [1.807, 2.05) is 6.92 Å². The van der Waals surface area contributed by atoms with Crippen molar-refractivity contribution >= 4 is 17.3 Å². The summed E-state index contributed by atoms with van der Waals surface area (Å²) in [5.41, 5.74) is 13.7. The van der Waals surface area contributed by atoms with E-state index in [1.165, 1.54) is 24.6 Å². The van der Waals surface area contributed by atoms with Gasteiger partial charge >= 0.3 is 0 Å². The zero-order chi connectivity index (χ0) is 17.5. The summed E-state index contributed by atoms with van der Waals surface area (Å²) >= 11 is 0. The van der Waals surface area contributed by atoms with Crippen LogP contribution in [-0.4, -0.2) is 9.97 Å². The van der Waals surface area contributed by atoms with E-state index in [0.717, 1.165) is 0 Å². The van der Waals surface area contributed by atoms with Gasteiger partial charge in [-0.3, -0.25) is 0 Å². The summed E-state index contributed by atoms with van der Waals surface area (Å²) < 4.78 is 18.4. The molecule has 1 aromatic carbocycles. The predicted octanol–water partition coefficient (Wildman–Crippen LogP) is 2.59. The molecule has 2 rings (SSSR count). The van der Waals surface area contributed by atoms with Crippen molar-refractivity contribution < 1.29 is 9.13 Å². The molecule has 124 valence electrons. The first-order chi connectivity index (χ1) is 11.5. The van der Waals surface area contributed by atoms with Crippen LogP contribution in [0.1, 0.15) is 18.2 Å². The molecule has 7 heteroatoms. The van der Waals surface area contributed by atoms with Gasteiger partial charge in [0.25, 0.3) is 0 Å². The van der Waals surface area contributed by atoms with Crippen LogP contribution in [0.15, 0.2) is 61.3 Å². The van der Waals surface area contributed by atoms with E-state index in [2.05, 4.69) is 21.9 Å². The molecule has 0 spiro atoms. The van der Waals surface area contributed by atoms with Gasteiger partial charge in [-0.25, -0.2) is 14.4 Å². The maximum Gasteiger partial charge on any atom is 0.220 e. The molecular weight excluding hydrogens is 309 g/mol. The van der Waals surface area contributed by atoms with Crippen molar-refractivity contribution in [2.24, 2.45) is 5.73 Å². The molecule has 0 atom stereocenters. The first kappa shape index (κ1) is 17.0. The van der Waals surface area contributed by atoms with Crippen LogP contribution < -0.4 is 16.8 Å².